The molecule has 2 rings (SSSR count). The molecule has 5 nitrogen and oxygen atoms in total. The van der Waals surface area contributed by atoms with E-state index in [2.05, 4.69) is 15.3 Å². The summed E-state index contributed by atoms with van der Waals surface area (Å²) < 4.78 is 0. The number of hydrogen-bond acceptors (Lipinski definition) is 4. The van der Waals surface area contributed by atoms with Gasteiger partial charge in [-0.15, -0.1) is 0 Å². The minimum absolute atomic E-state index is 0.0657. The highest BCUT2D eigenvalue weighted by Gasteiger charge is 2.45. The number of carboxylic acids is 1. The molecule has 0 radical (unpaired) electrons. The van der Waals surface area contributed by atoms with Crippen molar-refractivity contribution >= 4 is 11.8 Å². The molecule has 1 saturated carbocycles. The van der Waals surface area contributed by atoms with Gasteiger partial charge in [0, 0.05) is 17.8 Å². The van der Waals surface area contributed by atoms with Crippen LogP contribution < -0.4 is 5.32 Å². The first kappa shape index (κ1) is 13.8. The van der Waals surface area contributed by atoms with Gasteiger partial charge < -0.3 is 10.4 Å². The Kier molecular flexibility index (Phi) is 3.73. The van der Waals surface area contributed by atoms with Crippen molar-refractivity contribution in [2.75, 3.05) is 5.32 Å². The second kappa shape index (κ2) is 5.15. The van der Waals surface area contributed by atoms with Crippen LogP contribution in [0.2, 0.25) is 0 Å². The first-order valence-corrected chi connectivity index (χ1v) is 6.80. The van der Waals surface area contributed by atoms with Crippen molar-refractivity contribution in [3.8, 4) is 0 Å². The van der Waals surface area contributed by atoms with Gasteiger partial charge in [-0.3, -0.25) is 4.79 Å². The van der Waals surface area contributed by atoms with E-state index in [1.165, 1.54) is 0 Å². The number of nitrogens with zero attached hydrogens (tertiary/aromatic N) is 2. The smallest absolute Gasteiger partial charge is 0.311 e. The molecular formula is C14H21N3O2. The molecular weight excluding hydrogens is 242 g/mol. The van der Waals surface area contributed by atoms with E-state index < -0.39 is 11.4 Å². The molecule has 1 aliphatic rings. The standard InChI is InChI=1S/C14H21N3O2/c1-4-10-8-12(16-9(2)15-10)17-11-6-5-7-14(11,3)13(18)19/h8,11H,4-7H2,1-3H3,(H,18,19)(H,15,16,17). The van der Waals surface area contributed by atoms with Gasteiger partial charge in [-0.25, -0.2) is 9.97 Å². The van der Waals surface area contributed by atoms with Gasteiger partial charge in [-0.05, 0) is 33.1 Å². The highest BCUT2D eigenvalue weighted by molar-refractivity contribution is 5.76. The van der Waals surface area contributed by atoms with Gasteiger partial charge in [-0.2, -0.15) is 0 Å². The van der Waals surface area contributed by atoms with E-state index in [1.807, 2.05) is 26.8 Å². The van der Waals surface area contributed by atoms with Gasteiger partial charge in [0.25, 0.3) is 0 Å². The van der Waals surface area contributed by atoms with Crippen LogP contribution in [-0.2, 0) is 11.2 Å². The summed E-state index contributed by atoms with van der Waals surface area (Å²) in [5, 5.41) is 12.7. The van der Waals surface area contributed by atoms with Crippen LogP contribution in [0.5, 0.6) is 0 Å². The third kappa shape index (κ3) is 2.69. The lowest BCUT2D eigenvalue weighted by molar-refractivity contribution is -0.147. The fourth-order valence-electron chi connectivity index (χ4n) is 2.72. The Morgan fingerprint density at radius 3 is 2.95 bits per heavy atom. The van der Waals surface area contributed by atoms with Crippen LogP contribution in [0.25, 0.3) is 0 Å². The molecule has 0 aliphatic heterocycles. The van der Waals surface area contributed by atoms with E-state index in [0.717, 1.165) is 36.6 Å². The Balaban J connectivity index is 2.21. The zero-order valence-electron chi connectivity index (χ0n) is 11.7. The summed E-state index contributed by atoms with van der Waals surface area (Å²) in [7, 11) is 0. The van der Waals surface area contributed by atoms with Crippen molar-refractivity contribution < 1.29 is 9.90 Å². The number of aliphatic carboxylic acids is 1. The summed E-state index contributed by atoms with van der Waals surface area (Å²) in [6, 6.07) is 1.84. The van der Waals surface area contributed by atoms with Crippen molar-refractivity contribution in [3.05, 3.63) is 17.6 Å². The van der Waals surface area contributed by atoms with Crippen molar-refractivity contribution in [2.45, 2.75) is 52.5 Å². The average molecular weight is 263 g/mol. The predicted molar refractivity (Wildman–Crippen MR) is 73.2 cm³/mol. The fraction of sp³-hybridized carbons (Fsp3) is 0.643. The fourth-order valence-corrected chi connectivity index (χ4v) is 2.72. The van der Waals surface area contributed by atoms with Crippen molar-refractivity contribution in [1.82, 2.24) is 9.97 Å². The largest absolute Gasteiger partial charge is 0.481 e. The second-order valence-corrected chi connectivity index (χ2v) is 5.46. The molecule has 2 atom stereocenters. The lowest BCUT2D eigenvalue weighted by atomic mass is 9.85. The maximum absolute atomic E-state index is 11.4. The molecule has 1 heterocycles. The van der Waals surface area contributed by atoms with Crippen LogP contribution in [0.3, 0.4) is 0 Å². The normalized spacial score (nSPS) is 26.4. The highest BCUT2D eigenvalue weighted by Crippen LogP contribution is 2.39. The molecule has 1 aromatic heterocycles. The summed E-state index contributed by atoms with van der Waals surface area (Å²) in [6.45, 7) is 5.71. The number of carboxylic acid groups (broad SMARTS) is 1. The third-order valence-electron chi connectivity index (χ3n) is 4.02. The Morgan fingerprint density at radius 2 is 2.32 bits per heavy atom. The molecule has 2 unspecified atom stereocenters. The monoisotopic (exact) mass is 263 g/mol. The van der Waals surface area contributed by atoms with Crippen LogP contribution in [0.1, 0.15) is 44.6 Å². The summed E-state index contributed by atoms with van der Waals surface area (Å²) in [5.74, 6) is 0.726. The molecule has 104 valence electrons. The Hall–Kier alpha value is -1.65. The van der Waals surface area contributed by atoms with Gasteiger partial charge in [0.15, 0.2) is 0 Å². The molecule has 19 heavy (non-hydrogen) atoms. The van der Waals surface area contributed by atoms with E-state index in [0.29, 0.717) is 6.42 Å². The third-order valence-corrected chi connectivity index (χ3v) is 4.02. The van der Waals surface area contributed by atoms with Crippen molar-refractivity contribution in [2.24, 2.45) is 5.41 Å². The average Bonchev–Trinajstić information content (AvgIpc) is 2.71. The number of carbonyl (C=O) groups is 1. The zero-order chi connectivity index (χ0) is 14.0. The summed E-state index contributed by atoms with van der Waals surface area (Å²) in [4.78, 5) is 20.1. The van der Waals surface area contributed by atoms with E-state index >= 15 is 0 Å². The number of aryl methyl sites for hydroxylation is 2. The molecule has 0 bridgehead atoms. The number of nitrogens with one attached hydrogen (secondary N) is 1. The van der Waals surface area contributed by atoms with Crippen LogP contribution in [-0.4, -0.2) is 27.1 Å². The number of rotatable bonds is 4. The predicted octanol–water partition coefficient (Wildman–Crippen LogP) is 2.40. The second-order valence-electron chi connectivity index (χ2n) is 5.46. The quantitative estimate of drug-likeness (QED) is 0.872. The van der Waals surface area contributed by atoms with E-state index in [4.69, 9.17) is 0 Å². The van der Waals surface area contributed by atoms with Gasteiger partial charge in [0.05, 0.1) is 5.41 Å². The highest BCUT2D eigenvalue weighted by atomic mass is 16.4. The molecule has 1 fully saturated rings. The van der Waals surface area contributed by atoms with Crippen LogP contribution in [0, 0.1) is 12.3 Å². The molecule has 1 aliphatic carbocycles. The Labute approximate surface area is 113 Å². The first-order chi connectivity index (χ1) is 8.95. The van der Waals surface area contributed by atoms with Crippen molar-refractivity contribution in [3.63, 3.8) is 0 Å². The molecule has 0 amide bonds. The van der Waals surface area contributed by atoms with Gasteiger partial charge in [0.1, 0.15) is 11.6 Å². The van der Waals surface area contributed by atoms with Crippen LogP contribution in [0.4, 0.5) is 5.82 Å². The van der Waals surface area contributed by atoms with E-state index in [9.17, 15) is 9.90 Å². The van der Waals surface area contributed by atoms with Crippen molar-refractivity contribution in [1.29, 1.82) is 0 Å². The zero-order valence-corrected chi connectivity index (χ0v) is 11.7. The van der Waals surface area contributed by atoms with Crippen LogP contribution >= 0.6 is 0 Å². The first-order valence-electron chi connectivity index (χ1n) is 6.80. The molecule has 0 saturated heterocycles. The van der Waals surface area contributed by atoms with Gasteiger partial charge in [0.2, 0.25) is 0 Å². The maximum atomic E-state index is 11.4. The molecule has 0 spiro atoms. The molecule has 2 N–H and O–H groups in total. The van der Waals surface area contributed by atoms with E-state index in [1.54, 1.807) is 0 Å². The Bertz CT molecular complexity index is 490. The Morgan fingerprint density at radius 1 is 1.58 bits per heavy atom. The SMILES string of the molecule is CCc1cc(NC2CCCC2(C)C(=O)O)nc(C)n1. The van der Waals surface area contributed by atoms with E-state index in [-0.39, 0.29) is 6.04 Å². The summed E-state index contributed by atoms with van der Waals surface area (Å²) >= 11 is 0. The molecule has 0 aromatic carbocycles. The molecule has 5 heteroatoms. The van der Waals surface area contributed by atoms with Gasteiger partial charge >= 0.3 is 5.97 Å². The topological polar surface area (TPSA) is 75.1 Å². The lowest BCUT2D eigenvalue weighted by Crippen LogP contribution is -2.40. The lowest BCUT2D eigenvalue weighted by Gasteiger charge is -2.28. The number of hydrogen-bond donors (Lipinski definition) is 2. The number of aromatic nitrogens is 2. The maximum Gasteiger partial charge on any atom is 0.311 e. The summed E-state index contributed by atoms with van der Waals surface area (Å²) in [6.07, 6.45) is 3.36. The van der Waals surface area contributed by atoms with Crippen LogP contribution in [0.15, 0.2) is 6.07 Å². The van der Waals surface area contributed by atoms with Gasteiger partial charge in [-0.1, -0.05) is 13.3 Å². The molecule has 1 aromatic rings. The summed E-state index contributed by atoms with van der Waals surface area (Å²) in [5.41, 5.74) is 0.274. The number of anilines is 1. The minimum Gasteiger partial charge on any atom is -0.481 e. The minimum atomic E-state index is -0.732.